The largest absolute Gasteiger partial charge is 0.301 e. The van der Waals surface area contributed by atoms with Crippen molar-refractivity contribution in [1.29, 1.82) is 0 Å². The SMILES string of the molecule is CC(C)N1CCN(CCCN2CCN(C(C)C)CCN(C(C)C)CC2)CCN(C(C)C)CC1. The van der Waals surface area contributed by atoms with Crippen LogP contribution in [-0.2, 0) is 0 Å². The van der Waals surface area contributed by atoms with Gasteiger partial charge in [-0.2, -0.15) is 0 Å². The van der Waals surface area contributed by atoms with Gasteiger partial charge in [0.1, 0.15) is 0 Å². The maximum atomic E-state index is 2.74. The Kier molecular flexibility index (Phi) is 13.2. The Hall–Kier alpha value is -0.240. The summed E-state index contributed by atoms with van der Waals surface area (Å²) in [4.78, 5) is 16.2. The van der Waals surface area contributed by atoms with Crippen molar-refractivity contribution in [2.75, 3.05) is 91.6 Å². The Morgan fingerprint density at radius 2 is 0.576 bits per heavy atom. The number of hydrogen-bond acceptors (Lipinski definition) is 6. The van der Waals surface area contributed by atoms with E-state index >= 15 is 0 Å². The van der Waals surface area contributed by atoms with Gasteiger partial charge in [-0.1, -0.05) is 0 Å². The molecule has 2 saturated heterocycles. The summed E-state index contributed by atoms with van der Waals surface area (Å²) >= 11 is 0. The van der Waals surface area contributed by atoms with Crippen LogP contribution in [0.3, 0.4) is 0 Å². The highest BCUT2D eigenvalue weighted by molar-refractivity contribution is 4.77. The molecule has 2 heterocycles. The fourth-order valence-corrected chi connectivity index (χ4v) is 5.29. The van der Waals surface area contributed by atoms with E-state index in [0.29, 0.717) is 24.2 Å². The lowest BCUT2D eigenvalue weighted by Crippen LogP contribution is -2.41. The van der Waals surface area contributed by atoms with Gasteiger partial charge in [-0.25, -0.2) is 0 Å². The van der Waals surface area contributed by atoms with Crippen molar-refractivity contribution in [3.05, 3.63) is 0 Å². The molecule has 2 rings (SSSR count). The molecule has 6 heteroatoms. The summed E-state index contributed by atoms with van der Waals surface area (Å²) in [5.74, 6) is 0. The molecule has 0 spiro atoms. The van der Waals surface area contributed by atoms with E-state index in [-0.39, 0.29) is 0 Å². The molecule has 196 valence electrons. The predicted octanol–water partition coefficient (Wildman–Crippen LogP) is 2.85. The molecule has 0 radical (unpaired) electrons. The molecule has 0 atom stereocenters. The van der Waals surface area contributed by atoms with Gasteiger partial charge >= 0.3 is 0 Å². The zero-order chi connectivity index (χ0) is 24.4. The van der Waals surface area contributed by atoms with Crippen molar-refractivity contribution in [3.63, 3.8) is 0 Å². The molecule has 0 saturated carbocycles. The van der Waals surface area contributed by atoms with Crippen LogP contribution in [0.5, 0.6) is 0 Å². The normalized spacial score (nSPS) is 23.6. The lowest BCUT2D eigenvalue weighted by Gasteiger charge is -2.30. The van der Waals surface area contributed by atoms with Crippen LogP contribution >= 0.6 is 0 Å². The van der Waals surface area contributed by atoms with Gasteiger partial charge in [0.05, 0.1) is 0 Å². The Balaban J connectivity index is 1.90. The number of hydrogen-bond donors (Lipinski definition) is 0. The van der Waals surface area contributed by atoms with Crippen molar-refractivity contribution >= 4 is 0 Å². The number of nitrogens with zero attached hydrogens (tertiary/aromatic N) is 6. The fourth-order valence-electron chi connectivity index (χ4n) is 5.29. The zero-order valence-electron chi connectivity index (χ0n) is 23.6. The molecule has 0 aromatic heterocycles. The Bertz CT molecular complexity index is 425. The van der Waals surface area contributed by atoms with E-state index in [1.54, 1.807) is 0 Å². The first-order valence-electron chi connectivity index (χ1n) is 14.1. The Morgan fingerprint density at radius 1 is 0.364 bits per heavy atom. The van der Waals surface area contributed by atoms with E-state index in [0.717, 1.165) is 0 Å². The van der Waals surface area contributed by atoms with Crippen LogP contribution in [-0.4, -0.2) is 145 Å². The summed E-state index contributed by atoms with van der Waals surface area (Å²) in [5.41, 5.74) is 0. The van der Waals surface area contributed by atoms with Crippen LogP contribution in [0, 0.1) is 0 Å². The predicted molar refractivity (Wildman–Crippen MR) is 144 cm³/mol. The van der Waals surface area contributed by atoms with E-state index in [2.05, 4.69) is 84.8 Å². The second-order valence-corrected chi connectivity index (χ2v) is 11.6. The minimum absolute atomic E-state index is 0.636. The van der Waals surface area contributed by atoms with Crippen LogP contribution in [0.2, 0.25) is 0 Å². The highest BCUT2D eigenvalue weighted by atomic mass is 15.3. The maximum Gasteiger partial charge on any atom is 0.0113 e. The van der Waals surface area contributed by atoms with Crippen LogP contribution in [0.1, 0.15) is 61.8 Å². The van der Waals surface area contributed by atoms with E-state index in [1.807, 2.05) is 0 Å². The first kappa shape index (κ1) is 29.0. The molecule has 0 unspecified atom stereocenters. The van der Waals surface area contributed by atoms with Gasteiger partial charge in [-0.3, -0.25) is 19.6 Å². The quantitative estimate of drug-likeness (QED) is 0.544. The third kappa shape index (κ3) is 10.5. The highest BCUT2D eigenvalue weighted by Gasteiger charge is 2.21. The van der Waals surface area contributed by atoms with Crippen LogP contribution in [0.25, 0.3) is 0 Å². The van der Waals surface area contributed by atoms with Crippen molar-refractivity contribution in [2.45, 2.75) is 86.0 Å². The molecule has 2 aliphatic rings. The van der Waals surface area contributed by atoms with Crippen molar-refractivity contribution in [3.8, 4) is 0 Å². The van der Waals surface area contributed by atoms with E-state index in [9.17, 15) is 0 Å². The number of rotatable bonds is 8. The molecule has 33 heavy (non-hydrogen) atoms. The molecule has 2 aliphatic heterocycles. The molecular formula is C27H58N6. The van der Waals surface area contributed by atoms with Gasteiger partial charge in [0.25, 0.3) is 0 Å². The molecule has 0 bridgehead atoms. The molecule has 0 amide bonds. The molecule has 6 nitrogen and oxygen atoms in total. The molecule has 0 aromatic rings. The van der Waals surface area contributed by atoms with Gasteiger partial charge in [-0.05, 0) is 74.9 Å². The minimum atomic E-state index is 0.636. The van der Waals surface area contributed by atoms with Gasteiger partial charge in [-0.15, -0.1) is 0 Å². The molecule has 0 aliphatic carbocycles. The lowest BCUT2D eigenvalue weighted by atomic mass is 10.3. The van der Waals surface area contributed by atoms with E-state index < -0.39 is 0 Å². The van der Waals surface area contributed by atoms with Crippen molar-refractivity contribution in [1.82, 2.24) is 29.4 Å². The minimum Gasteiger partial charge on any atom is -0.301 e. The van der Waals surface area contributed by atoms with Gasteiger partial charge < -0.3 is 9.80 Å². The molecule has 0 N–H and O–H groups in total. The van der Waals surface area contributed by atoms with Gasteiger partial charge in [0.2, 0.25) is 0 Å². The van der Waals surface area contributed by atoms with Crippen LogP contribution in [0.4, 0.5) is 0 Å². The average Bonchev–Trinajstić information content (AvgIpc) is 2.92. The average molecular weight is 467 g/mol. The summed E-state index contributed by atoms with van der Waals surface area (Å²) in [5, 5.41) is 0. The first-order chi connectivity index (χ1) is 15.7. The monoisotopic (exact) mass is 466 g/mol. The second kappa shape index (κ2) is 15.0. The first-order valence-corrected chi connectivity index (χ1v) is 14.1. The summed E-state index contributed by atoms with van der Waals surface area (Å²) in [6, 6.07) is 2.54. The molecule has 0 aromatic carbocycles. The third-order valence-electron chi connectivity index (χ3n) is 8.03. The smallest absolute Gasteiger partial charge is 0.0113 e. The Labute approximate surface area is 207 Å². The van der Waals surface area contributed by atoms with E-state index in [4.69, 9.17) is 0 Å². The van der Waals surface area contributed by atoms with Gasteiger partial charge in [0, 0.05) is 103 Å². The van der Waals surface area contributed by atoms with Crippen LogP contribution in [0.15, 0.2) is 0 Å². The summed E-state index contributed by atoms with van der Waals surface area (Å²) in [7, 11) is 0. The summed E-state index contributed by atoms with van der Waals surface area (Å²) < 4.78 is 0. The summed E-state index contributed by atoms with van der Waals surface area (Å²) in [6.07, 6.45) is 1.28. The third-order valence-corrected chi connectivity index (χ3v) is 8.03. The van der Waals surface area contributed by atoms with Crippen molar-refractivity contribution < 1.29 is 0 Å². The van der Waals surface area contributed by atoms with Gasteiger partial charge in [0.15, 0.2) is 0 Å². The molecular weight excluding hydrogens is 408 g/mol. The van der Waals surface area contributed by atoms with Crippen LogP contribution < -0.4 is 0 Å². The zero-order valence-corrected chi connectivity index (χ0v) is 23.6. The standard InChI is InChI=1S/C27H58N6/c1-24(2)30-16-12-28(13-17-31(21-20-30)25(3)4)10-9-11-29-14-18-32(26(5)6)22-23-33(19-15-29)27(7)8/h24-27H,9-23H2,1-8H3. The fraction of sp³-hybridized carbons (Fsp3) is 1.00. The van der Waals surface area contributed by atoms with E-state index in [1.165, 1.54) is 98.0 Å². The molecule has 2 fully saturated rings. The topological polar surface area (TPSA) is 19.4 Å². The lowest BCUT2D eigenvalue weighted by molar-refractivity contribution is 0.169. The highest BCUT2D eigenvalue weighted by Crippen LogP contribution is 2.09. The maximum absolute atomic E-state index is 2.74. The second-order valence-electron chi connectivity index (χ2n) is 11.6. The summed E-state index contributed by atoms with van der Waals surface area (Å²) in [6.45, 7) is 35.8. The van der Waals surface area contributed by atoms with Crippen molar-refractivity contribution in [2.24, 2.45) is 0 Å². The Morgan fingerprint density at radius 3 is 0.788 bits per heavy atom.